The summed E-state index contributed by atoms with van der Waals surface area (Å²) >= 11 is 1.64. The monoisotopic (exact) mass is 222 g/mol. The van der Waals surface area contributed by atoms with Gasteiger partial charge in [0.1, 0.15) is 5.82 Å². The normalized spacial score (nSPS) is 10.8. The molecule has 0 aromatic carbocycles. The first kappa shape index (κ1) is 10.3. The van der Waals surface area contributed by atoms with Crippen molar-refractivity contribution < 1.29 is 0 Å². The molecule has 4 nitrogen and oxygen atoms in total. The van der Waals surface area contributed by atoms with Gasteiger partial charge >= 0.3 is 0 Å². The predicted molar refractivity (Wildman–Crippen MR) is 61.4 cm³/mol. The Balaban J connectivity index is 2.31. The van der Waals surface area contributed by atoms with Gasteiger partial charge in [0.05, 0.1) is 5.69 Å². The fourth-order valence-electron chi connectivity index (χ4n) is 1.39. The molecule has 2 aromatic rings. The minimum atomic E-state index is 0.614. The zero-order valence-corrected chi connectivity index (χ0v) is 9.50. The van der Waals surface area contributed by atoms with Crippen molar-refractivity contribution in [3.8, 4) is 5.13 Å². The minimum Gasteiger partial charge on any atom is -0.330 e. The summed E-state index contributed by atoms with van der Waals surface area (Å²) in [5.41, 5.74) is 6.65. The molecule has 2 rings (SSSR count). The van der Waals surface area contributed by atoms with Crippen molar-refractivity contribution in [2.24, 2.45) is 5.73 Å². The van der Waals surface area contributed by atoms with E-state index in [4.69, 9.17) is 5.73 Å². The van der Waals surface area contributed by atoms with Gasteiger partial charge in [-0.1, -0.05) is 6.92 Å². The molecule has 0 aliphatic carbocycles. The Morgan fingerprint density at radius 2 is 2.40 bits per heavy atom. The summed E-state index contributed by atoms with van der Waals surface area (Å²) in [6.45, 7) is 2.72. The summed E-state index contributed by atoms with van der Waals surface area (Å²) in [4.78, 5) is 8.78. The summed E-state index contributed by atoms with van der Waals surface area (Å²) in [6, 6.07) is 0. The number of imidazole rings is 1. The fourth-order valence-corrected chi connectivity index (χ4v) is 2.30. The van der Waals surface area contributed by atoms with Crippen LogP contribution < -0.4 is 5.73 Å². The number of hydrogen-bond acceptors (Lipinski definition) is 4. The van der Waals surface area contributed by atoms with E-state index in [0.29, 0.717) is 6.54 Å². The van der Waals surface area contributed by atoms with Gasteiger partial charge in [-0.15, -0.1) is 11.3 Å². The summed E-state index contributed by atoms with van der Waals surface area (Å²) in [7, 11) is 0. The number of aromatic nitrogens is 3. The number of rotatable bonds is 4. The van der Waals surface area contributed by atoms with Gasteiger partial charge in [-0.05, 0) is 13.0 Å². The highest BCUT2D eigenvalue weighted by Gasteiger charge is 2.07. The third-order valence-corrected chi connectivity index (χ3v) is 3.08. The van der Waals surface area contributed by atoms with Crippen LogP contribution in [0.25, 0.3) is 5.13 Å². The van der Waals surface area contributed by atoms with Gasteiger partial charge in [0.15, 0.2) is 5.13 Å². The largest absolute Gasteiger partial charge is 0.330 e. The number of thiazole rings is 1. The molecule has 0 aliphatic rings. The molecule has 0 spiro atoms. The topological polar surface area (TPSA) is 56.7 Å². The van der Waals surface area contributed by atoms with E-state index in [2.05, 4.69) is 22.3 Å². The average Bonchev–Trinajstić information content (AvgIpc) is 2.85. The van der Waals surface area contributed by atoms with Crippen LogP contribution in [-0.2, 0) is 12.8 Å². The Kier molecular flexibility index (Phi) is 3.13. The zero-order valence-electron chi connectivity index (χ0n) is 8.68. The molecule has 0 radical (unpaired) electrons. The second-order valence-electron chi connectivity index (χ2n) is 3.23. The Morgan fingerprint density at radius 3 is 3.07 bits per heavy atom. The Hall–Kier alpha value is -1.20. The first-order valence-electron chi connectivity index (χ1n) is 5.02. The third kappa shape index (κ3) is 2.08. The summed E-state index contributed by atoms with van der Waals surface area (Å²) < 4.78 is 2.01. The molecule has 2 heterocycles. The molecule has 0 unspecified atom stereocenters. The summed E-state index contributed by atoms with van der Waals surface area (Å²) in [6.07, 6.45) is 5.48. The van der Waals surface area contributed by atoms with Crippen LogP contribution in [0.2, 0.25) is 0 Å². The van der Waals surface area contributed by atoms with Crippen LogP contribution in [0.1, 0.15) is 18.4 Å². The fraction of sp³-hybridized carbons (Fsp3) is 0.400. The van der Waals surface area contributed by atoms with Crippen LogP contribution in [-0.4, -0.2) is 21.1 Å². The van der Waals surface area contributed by atoms with E-state index in [9.17, 15) is 0 Å². The van der Waals surface area contributed by atoms with E-state index in [1.165, 1.54) is 0 Å². The molecule has 5 heteroatoms. The van der Waals surface area contributed by atoms with Crippen molar-refractivity contribution in [3.05, 3.63) is 29.3 Å². The minimum absolute atomic E-state index is 0.614. The molecule has 0 saturated heterocycles. The van der Waals surface area contributed by atoms with Gasteiger partial charge < -0.3 is 5.73 Å². The summed E-state index contributed by atoms with van der Waals surface area (Å²) in [5.74, 6) is 0.981. The second kappa shape index (κ2) is 4.55. The van der Waals surface area contributed by atoms with Crippen LogP contribution >= 0.6 is 11.3 Å². The van der Waals surface area contributed by atoms with Gasteiger partial charge in [0.25, 0.3) is 0 Å². The maximum atomic E-state index is 5.53. The first-order chi connectivity index (χ1) is 7.35. The number of nitrogens with zero attached hydrogens (tertiary/aromatic N) is 3. The van der Waals surface area contributed by atoms with Gasteiger partial charge in [0.2, 0.25) is 0 Å². The van der Waals surface area contributed by atoms with Crippen molar-refractivity contribution in [2.45, 2.75) is 19.8 Å². The SMILES string of the molecule is CCc1csc(-n2ccnc2CCN)n1. The number of hydrogen-bond donors (Lipinski definition) is 1. The Morgan fingerprint density at radius 1 is 1.53 bits per heavy atom. The Labute approximate surface area is 92.8 Å². The highest BCUT2D eigenvalue weighted by molar-refractivity contribution is 7.12. The van der Waals surface area contributed by atoms with Crippen LogP contribution in [0.4, 0.5) is 0 Å². The van der Waals surface area contributed by atoms with Crippen molar-refractivity contribution in [1.82, 2.24) is 14.5 Å². The van der Waals surface area contributed by atoms with Gasteiger partial charge in [-0.3, -0.25) is 4.57 Å². The number of aryl methyl sites for hydroxylation is 1. The van der Waals surface area contributed by atoms with Crippen molar-refractivity contribution in [1.29, 1.82) is 0 Å². The highest BCUT2D eigenvalue weighted by atomic mass is 32.1. The second-order valence-corrected chi connectivity index (χ2v) is 4.06. The molecule has 2 aromatic heterocycles. The molecule has 2 N–H and O–H groups in total. The van der Waals surface area contributed by atoms with E-state index in [-0.39, 0.29) is 0 Å². The average molecular weight is 222 g/mol. The smallest absolute Gasteiger partial charge is 0.195 e. The molecule has 0 fully saturated rings. The Bertz CT molecular complexity index is 432. The zero-order chi connectivity index (χ0) is 10.7. The van der Waals surface area contributed by atoms with Crippen LogP contribution in [0.5, 0.6) is 0 Å². The maximum Gasteiger partial charge on any atom is 0.195 e. The molecule has 15 heavy (non-hydrogen) atoms. The van der Waals surface area contributed by atoms with E-state index in [1.807, 2.05) is 10.8 Å². The molecule has 0 atom stereocenters. The van der Waals surface area contributed by atoms with E-state index in [0.717, 1.165) is 29.5 Å². The lowest BCUT2D eigenvalue weighted by atomic mass is 10.4. The van der Waals surface area contributed by atoms with Crippen LogP contribution in [0, 0.1) is 0 Å². The van der Waals surface area contributed by atoms with Crippen molar-refractivity contribution >= 4 is 11.3 Å². The predicted octanol–water partition coefficient (Wildman–Crippen LogP) is 1.39. The van der Waals surface area contributed by atoms with Crippen molar-refractivity contribution in [2.75, 3.05) is 6.54 Å². The standard InChI is InChI=1S/C10H14N4S/c1-2-8-7-15-10(13-8)14-6-5-12-9(14)3-4-11/h5-7H,2-4,11H2,1H3. The van der Waals surface area contributed by atoms with Crippen LogP contribution in [0.3, 0.4) is 0 Å². The lowest BCUT2D eigenvalue weighted by Crippen LogP contribution is -2.08. The molecule has 0 amide bonds. The van der Waals surface area contributed by atoms with Gasteiger partial charge in [-0.2, -0.15) is 0 Å². The highest BCUT2D eigenvalue weighted by Crippen LogP contribution is 2.16. The first-order valence-corrected chi connectivity index (χ1v) is 5.90. The lowest BCUT2D eigenvalue weighted by Gasteiger charge is -2.01. The quantitative estimate of drug-likeness (QED) is 0.850. The van der Waals surface area contributed by atoms with Gasteiger partial charge in [-0.25, -0.2) is 9.97 Å². The molecular formula is C10H14N4S. The van der Waals surface area contributed by atoms with Crippen LogP contribution in [0.15, 0.2) is 17.8 Å². The third-order valence-electron chi connectivity index (χ3n) is 2.19. The molecule has 0 aliphatic heterocycles. The van der Waals surface area contributed by atoms with Crippen molar-refractivity contribution in [3.63, 3.8) is 0 Å². The molecule has 0 bridgehead atoms. The van der Waals surface area contributed by atoms with E-state index < -0.39 is 0 Å². The molecular weight excluding hydrogens is 208 g/mol. The number of nitrogens with two attached hydrogens (primary N) is 1. The van der Waals surface area contributed by atoms with Gasteiger partial charge in [0, 0.05) is 24.2 Å². The summed E-state index contributed by atoms with van der Waals surface area (Å²) in [5, 5.41) is 3.06. The maximum absolute atomic E-state index is 5.53. The molecule has 80 valence electrons. The molecule has 0 saturated carbocycles. The lowest BCUT2D eigenvalue weighted by molar-refractivity contribution is 0.829. The van der Waals surface area contributed by atoms with E-state index in [1.54, 1.807) is 17.5 Å². The van der Waals surface area contributed by atoms with E-state index >= 15 is 0 Å².